The van der Waals surface area contributed by atoms with E-state index in [9.17, 15) is 4.79 Å². The van der Waals surface area contributed by atoms with E-state index in [1.54, 1.807) is 0 Å². The fourth-order valence-electron chi connectivity index (χ4n) is 0.899. The van der Waals surface area contributed by atoms with Crippen LogP contribution in [0.25, 0.3) is 0 Å². The first-order valence-corrected chi connectivity index (χ1v) is 5.51. The van der Waals surface area contributed by atoms with E-state index in [4.69, 9.17) is 4.74 Å². The molecule has 0 amide bonds. The van der Waals surface area contributed by atoms with Crippen molar-refractivity contribution in [1.82, 2.24) is 0 Å². The second kappa shape index (κ2) is 4.97. The maximum absolute atomic E-state index is 11.6. The quantitative estimate of drug-likeness (QED) is 0.530. The van der Waals surface area contributed by atoms with Crippen molar-refractivity contribution in [1.29, 1.82) is 0 Å². The van der Waals surface area contributed by atoms with E-state index in [0.29, 0.717) is 6.61 Å². The summed E-state index contributed by atoms with van der Waals surface area (Å²) >= 11 is 0. The Morgan fingerprint density at radius 2 is 1.73 bits per heavy atom. The molecule has 0 heterocycles. The molecular formula is C12H26NO2+. The molecule has 0 spiro atoms. The lowest BCUT2D eigenvalue weighted by Gasteiger charge is -2.27. The van der Waals surface area contributed by atoms with Crippen LogP contribution in [0.1, 0.15) is 27.7 Å². The van der Waals surface area contributed by atoms with Gasteiger partial charge in [-0.25, -0.2) is 0 Å². The highest BCUT2D eigenvalue weighted by atomic mass is 16.5. The van der Waals surface area contributed by atoms with Crippen molar-refractivity contribution in [2.75, 3.05) is 34.3 Å². The summed E-state index contributed by atoms with van der Waals surface area (Å²) in [6.45, 7) is 9.44. The van der Waals surface area contributed by atoms with E-state index in [2.05, 4.69) is 41.9 Å². The van der Waals surface area contributed by atoms with Crippen LogP contribution in [-0.4, -0.2) is 44.7 Å². The van der Waals surface area contributed by atoms with E-state index in [0.717, 1.165) is 11.0 Å². The number of ether oxygens (including phenoxy) is 1. The minimum atomic E-state index is -0.0871. The van der Waals surface area contributed by atoms with Gasteiger partial charge in [0.15, 0.2) is 0 Å². The molecule has 0 aliphatic carbocycles. The van der Waals surface area contributed by atoms with Crippen LogP contribution < -0.4 is 0 Å². The molecule has 0 radical (unpaired) electrons. The van der Waals surface area contributed by atoms with Gasteiger partial charge in [-0.3, -0.25) is 4.79 Å². The molecule has 15 heavy (non-hydrogen) atoms. The third-order valence-electron chi connectivity index (χ3n) is 2.66. The standard InChI is InChI=1S/C12H26NO2/c1-10(12(2,3)4)11(14)15-9-8-13(5,6)7/h10H,8-9H2,1-7H3/q+1. The monoisotopic (exact) mass is 216 g/mol. The Bertz CT molecular complexity index is 211. The second-order valence-corrected chi connectivity index (χ2v) is 6.27. The lowest BCUT2D eigenvalue weighted by atomic mass is 9.82. The Balaban J connectivity index is 3.96. The maximum atomic E-state index is 11.6. The van der Waals surface area contributed by atoms with Crippen LogP contribution in [0.3, 0.4) is 0 Å². The first-order chi connectivity index (χ1) is 6.54. The van der Waals surface area contributed by atoms with Gasteiger partial charge in [-0.05, 0) is 5.41 Å². The fourth-order valence-corrected chi connectivity index (χ4v) is 0.899. The first kappa shape index (κ1) is 14.4. The summed E-state index contributed by atoms with van der Waals surface area (Å²) in [7, 11) is 6.25. The summed E-state index contributed by atoms with van der Waals surface area (Å²) in [4.78, 5) is 11.6. The van der Waals surface area contributed by atoms with Gasteiger partial charge < -0.3 is 9.22 Å². The van der Waals surface area contributed by atoms with Gasteiger partial charge in [0.05, 0.1) is 27.1 Å². The van der Waals surface area contributed by atoms with Gasteiger partial charge in [-0.15, -0.1) is 0 Å². The van der Waals surface area contributed by atoms with Crippen LogP contribution in [-0.2, 0) is 9.53 Å². The lowest BCUT2D eigenvalue weighted by molar-refractivity contribution is -0.870. The van der Waals surface area contributed by atoms with Crippen molar-refractivity contribution in [2.24, 2.45) is 11.3 Å². The number of nitrogens with zero attached hydrogens (tertiary/aromatic N) is 1. The van der Waals surface area contributed by atoms with Crippen LogP contribution in [0.5, 0.6) is 0 Å². The summed E-state index contributed by atoms with van der Waals surface area (Å²) < 4.78 is 6.07. The molecule has 90 valence electrons. The Kier molecular flexibility index (Phi) is 4.78. The van der Waals surface area contributed by atoms with E-state index in [-0.39, 0.29) is 17.3 Å². The molecule has 0 aliphatic rings. The topological polar surface area (TPSA) is 26.3 Å². The Hall–Kier alpha value is -0.570. The molecule has 0 aromatic rings. The van der Waals surface area contributed by atoms with Crippen LogP contribution >= 0.6 is 0 Å². The third-order valence-corrected chi connectivity index (χ3v) is 2.66. The minimum Gasteiger partial charge on any atom is -0.459 e. The molecule has 0 saturated heterocycles. The van der Waals surface area contributed by atoms with Gasteiger partial charge in [-0.2, -0.15) is 0 Å². The van der Waals surface area contributed by atoms with Crippen LogP contribution in [0.15, 0.2) is 0 Å². The van der Waals surface area contributed by atoms with E-state index < -0.39 is 0 Å². The number of carbonyl (C=O) groups excluding carboxylic acids is 1. The second-order valence-electron chi connectivity index (χ2n) is 6.27. The van der Waals surface area contributed by atoms with Crippen molar-refractivity contribution in [2.45, 2.75) is 27.7 Å². The molecule has 3 nitrogen and oxygen atoms in total. The van der Waals surface area contributed by atoms with Gasteiger partial charge in [-0.1, -0.05) is 27.7 Å². The molecule has 0 aromatic heterocycles. The molecule has 3 heteroatoms. The smallest absolute Gasteiger partial charge is 0.309 e. The summed E-state index contributed by atoms with van der Waals surface area (Å²) in [5.74, 6) is -0.138. The zero-order valence-corrected chi connectivity index (χ0v) is 11.3. The molecule has 0 saturated carbocycles. The number of quaternary nitrogens is 1. The van der Waals surface area contributed by atoms with Crippen LogP contribution in [0, 0.1) is 11.3 Å². The first-order valence-electron chi connectivity index (χ1n) is 5.51. The number of hydrogen-bond acceptors (Lipinski definition) is 2. The average molecular weight is 216 g/mol. The fraction of sp³-hybridized carbons (Fsp3) is 0.917. The molecule has 1 unspecified atom stereocenters. The van der Waals surface area contributed by atoms with Gasteiger partial charge in [0, 0.05) is 0 Å². The zero-order chi connectivity index (χ0) is 12.3. The predicted octanol–water partition coefficient (Wildman–Crippen LogP) is 1.92. The minimum absolute atomic E-state index is 0.0202. The number of esters is 1. The highest BCUT2D eigenvalue weighted by Gasteiger charge is 2.28. The van der Waals surface area contributed by atoms with Crippen molar-refractivity contribution < 1.29 is 14.0 Å². The van der Waals surface area contributed by atoms with E-state index in [1.807, 2.05) is 6.92 Å². The van der Waals surface area contributed by atoms with Gasteiger partial charge >= 0.3 is 5.97 Å². The van der Waals surface area contributed by atoms with Crippen molar-refractivity contribution in [3.8, 4) is 0 Å². The van der Waals surface area contributed by atoms with E-state index in [1.165, 1.54) is 0 Å². The zero-order valence-electron chi connectivity index (χ0n) is 11.3. The molecule has 0 bridgehead atoms. The van der Waals surface area contributed by atoms with Gasteiger partial charge in [0.2, 0.25) is 0 Å². The predicted molar refractivity (Wildman–Crippen MR) is 62.5 cm³/mol. The normalized spacial score (nSPS) is 14.9. The lowest BCUT2D eigenvalue weighted by Crippen LogP contribution is -2.39. The maximum Gasteiger partial charge on any atom is 0.309 e. The number of likely N-dealkylation sites (N-methyl/N-ethyl adjacent to an activating group) is 1. The summed E-state index contributed by atoms with van der Waals surface area (Å²) in [5.41, 5.74) is -0.0202. The van der Waals surface area contributed by atoms with Crippen molar-refractivity contribution in [3.05, 3.63) is 0 Å². The number of carbonyl (C=O) groups is 1. The highest BCUT2D eigenvalue weighted by Crippen LogP contribution is 2.26. The summed E-state index contributed by atoms with van der Waals surface area (Å²) in [6.07, 6.45) is 0. The Morgan fingerprint density at radius 1 is 1.27 bits per heavy atom. The average Bonchev–Trinajstić information content (AvgIpc) is 1.98. The molecule has 1 atom stereocenters. The Labute approximate surface area is 94.0 Å². The molecule has 0 fully saturated rings. The molecule has 0 aromatic carbocycles. The SMILES string of the molecule is CC(C(=O)OCC[N+](C)(C)C)C(C)(C)C. The number of hydrogen-bond donors (Lipinski definition) is 0. The summed E-state index contributed by atoms with van der Waals surface area (Å²) in [5, 5.41) is 0. The highest BCUT2D eigenvalue weighted by molar-refractivity contribution is 5.72. The van der Waals surface area contributed by atoms with E-state index >= 15 is 0 Å². The molecular weight excluding hydrogens is 190 g/mol. The third kappa shape index (κ3) is 6.50. The van der Waals surface area contributed by atoms with Crippen LogP contribution in [0.4, 0.5) is 0 Å². The van der Waals surface area contributed by atoms with Gasteiger partial charge in [0.25, 0.3) is 0 Å². The van der Waals surface area contributed by atoms with Crippen LogP contribution in [0.2, 0.25) is 0 Å². The molecule has 0 aliphatic heterocycles. The molecule has 0 rings (SSSR count). The molecule has 0 N–H and O–H groups in total. The van der Waals surface area contributed by atoms with Crippen molar-refractivity contribution in [3.63, 3.8) is 0 Å². The van der Waals surface area contributed by atoms with Crippen molar-refractivity contribution >= 4 is 5.97 Å². The largest absolute Gasteiger partial charge is 0.459 e. The number of rotatable bonds is 4. The Morgan fingerprint density at radius 3 is 2.07 bits per heavy atom. The van der Waals surface area contributed by atoms with Gasteiger partial charge in [0.1, 0.15) is 13.2 Å². The summed E-state index contributed by atoms with van der Waals surface area (Å²) in [6, 6.07) is 0.